The summed E-state index contributed by atoms with van der Waals surface area (Å²) in [6.45, 7) is 3.47. The number of phosphoric ester groups is 1. The molecule has 0 aliphatic heterocycles. The van der Waals surface area contributed by atoms with E-state index in [2.05, 4.69) is 184 Å². The summed E-state index contributed by atoms with van der Waals surface area (Å²) >= 11 is 0. The van der Waals surface area contributed by atoms with E-state index in [0.717, 1.165) is 148 Å². The molecular formula is C69H110NO8P. The van der Waals surface area contributed by atoms with Crippen LogP contribution in [0.1, 0.15) is 219 Å². The first-order valence-electron chi connectivity index (χ1n) is 30.6. The molecule has 0 spiro atoms. The van der Waals surface area contributed by atoms with Crippen LogP contribution in [0.2, 0.25) is 0 Å². The van der Waals surface area contributed by atoms with Gasteiger partial charge in [0.15, 0.2) is 6.10 Å². The normalized spacial score (nSPS) is 14.2. The van der Waals surface area contributed by atoms with Crippen LogP contribution >= 0.6 is 7.82 Å². The van der Waals surface area contributed by atoms with Crippen molar-refractivity contribution in [1.82, 2.24) is 0 Å². The van der Waals surface area contributed by atoms with Gasteiger partial charge in [0.2, 0.25) is 0 Å². The Bertz CT molecular complexity index is 1890. The molecule has 3 N–H and O–H groups in total. The topological polar surface area (TPSA) is 134 Å². The van der Waals surface area contributed by atoms with Crippen LogP contribution in [0.4, 0.5) is 0 Å². The Morgan fingerprint density at radius 1 is 0.380 bits per heavy atom. The molecule has 0 saturated carbocycles. The second-order valence-electron chi connectivity index (χ2n) is 19.5. The van der Waals surface area contributed by atoms with Gasteiger partial charge in [-0.25, -0.2) is 4.57 Å². The molecule has 0 aliphatic carbocycles. The van der Waals surface area contributed by atoms with E-state index in [4.69, 9.17) is 24.3 Å². The average Bonchev–Trinajstić information content (AvgIpc) is 3.44. The smallest absolute Gasteiger partial charge is 0.462 e. The summed E-state index contributed by atoms with van der Waals surface area (Å²) < 4.78 is 33.0. The molecule has 79 heavy (non-hydrogen) atoms. The largest absolute Gasteiger partial charge is 0.472 e. The average molecular weight is 1110 g/mol. The first-order valence-corrected chi connectivity index (χ1v) is 32.1. The number of unbranched alkanes of at least 4 members (excludes halogenated alkanes) is 14. The van der Waals surface area contributed by atoms with Crippen LogP contribution in [0.5, 0.6) is 0 Å². The highest BCUT2D eigenvalue weighted by Gasteiger charge is 2.26. The molecule has 9 nitrogen and oxygen atoms in total. The Kier molecular flexibility index (Phi) is 58.9. The molecule has 0 radical (unpaired) electrons. The minimum Gasteiger partial charge on any atom is -0.462 e. The van der Waals surface area contributed by atoms with Crippen LogP contribution < -0.4 is 5.73 Å². The van der Waals surface area contributed by atoms with Gasteiger partial charge >= 0.3 is 19.8 Å². The molecule has 0 aliphatic rings. The molecule has 0 rings (SSSR count). The number of esters is 2. The van der Waals surface area contributed by atoms with Crippen molar-refractivity contribution in [1.29, 1.82) is 0 Å². The van der Waals surface area contributed by atoms with Crippen LogP contribution in [0.25, 0.3) is 0 Å². The van der Waals surface area contributed by atoms with Crippen LogP contribution in [0.3, 0.4) is 0 Å². The SMILES string of the molecule is CC/C=C\C/C=C\C/C=C\C/C=C\C/C=C\C/C=C\C/C=C\C/C=C\C/C=C\CCCCCCCCCC(=O)OC(COC(=O)CCCCCCCCC/C=C\C/C=C\C/C=C\C/C=C\C/C=C\CC)COP(=O)(O)OCCN. The molecule has 2 atom stereocenters. The molecule has 0 saturated heterocycles. The quantitative estimate of drug-likeness (QED) is 0.0264. The maximum absolute atomic E-state index is 12.7. The number of phosphoric acid groups is 1. The van der Waals surface area contributed by atoms with E-state index >= 15 is 0 Å². The zero-order chi connectivity index (χ0) is 57.3. The number of allylic oxidation sites excluding steroid dienone is 28. The van der Waals surface area contributed by atoms with Crippen LogP contribution in [-0.2, 0) is 32.7 Å². The molecule has 10 heteroatoms. The molecule has 0 aromatic heterocycles. The van der Waals surface area contributed by atoms with Crippen molar-refractivity contribution in [2.45, 2.75) is 225 Å². The molecular weight excluding hydrogens is 1000 g/mol. The van der Waals surface area contributed by atoms with E-state index < -0.39 is 32.5 Å². The van der Waals surface area contributed by atoms with E-state index in [9.17, 15) is 19.0 Å². The van der Waals surface area contributed by atoms with Crippen molar-refractivity contribution in [2.75, 3.05) is 26.4 Å². The fourth-order valence-electron chi connectivity index (χ4n) is 7.65. The minimum atomic E-state index is -4.41. The van der Waals surface area contributed by atoms with Crippen LogP contribution in [0, 0.1) is 0 Å². The lowest BCUT2D eigenvalue weighted by Crippen LogP contribution is -2.29. The van der Waals surface area contributed by atoms with E-state index in [-0.39, 0.29) is 32.6 Å². The number of rotatable bonds is 55. The predicted octanol–water partition coefficient (Wildman–Crippen LogP) is 19.8. The zero-order valence-corrected chi connectivity index (χ0v) is 50.4. The van der Waals surface area contributed by atoms with Crippen molar-refractivity contribution in [3.63, 3.8) is 0 Å². The summed E-state index contributed by atoms with van der Waals surface area (Å²) in [5.74, 6) is -0.867. The number of ether oxygens (including phenoxy) is 2. The molecule has 2 unspecified atom stereocenters. The third-order valence-corrected chi connectivity index (χ3v) is 13.1. The second-order valence-corrected chi connectivity index (χ2v) is 20.9. The molecule has 0 bridgehead atoms. The molecule has 0 heterocycles. The molecule has 0 amide bonds. The third kappa shape index (κ3) is 62.4. The summed E-state index contributed by atoms with van der Waals surface area (Å²) in [6, 6.07) is 0. The standard InChI is InChI=1S/C69H110NO8P/c1-3-5-7-9-11-13-15-17-19-21-23-25-27-28-29-30-31-32-33-34-35-36-37-38-40-42-44-46-48-50-52-54-56-58-60-62-69(72)78-67(66-77-79(73,74)76-64-63-70)65-75-68(71)61-59-57-55-53-51-49-47-45-43-41-39-26-24-22-20-18-16-14-12-10-8-6-4-2/h5-8,11-14,17-20,23-26,28-29,31-32,34-35,37-38,41-44,67H,3-4,9-10,15-16,21-22,27,30,33,36,39-40,45-66,70H2,1-2H3,(H,73,74)/b7-5-,8-6-,13-11-,14-12-,19-17-,20-18-,25-23-,26-24-,29-28-,32-31-,35-34-,38-37-,43-41-,44-42-. The van der Waals surface area contributed by atoms with Crippen molar-refractivity contribution < 1.29 is 37.6 Å². The van der Waals surface area contributed by atoms with Gasteiger partial charge in [-0.3, -0.25) is 18.6 Å². The Hall–Kier alpha value is -4.63. The molecule has 0 aromatic carbocycles. The van der Waals surface area contributed by atoms with Crippen molar-refractivity contribution in [3.8, 4) is 0 Å². The lowest BCUT2D eigenvalue weighted by atomic mass is 10.1. The number of hydrogen-bond donors (Lipinski definition) is 2. The van der Waals surface area contributed by atoms with Gasteiger partial charge < -0.3 is 20.1 Å². The Balaban J connectivity index is 4.07. The monoisotopic (exact) mass is 1110 g/mol. The lowest BCUT2D eigenvalue weighted by molar-refractivity contribution is -0.161. The van der Waals surface area contributed by atoms with Crippen molar-refractivity contribution in [2.24, 2.45) is 5.73 Å². The summed E-state index contributed by atoms with van der Waals surface area (Å²) in [5.41, 5.74) is 5.38. The fourth-order valence-corrected chi connectivity index (χ4v) is 8.42. The molecule has 0 aromatic rings. The fraction of sp³-hybridized carbons (Fsp3) is 0.565. The van der Waals surface area contributed by atoms with Crippen LogP contribution in [-0.4, -0.2) is 49.3 Å². The van der Waals surface area contributed by atoms with Gasteiger partial charge in [0, 0.05) is 19.4 Å². The van der Waals surface area contributed by atoms with Crippen LogP contribution in [0.15, 0.2) is 170 Å². The van der Waals surface area contributed by atoms with Gasteiger partial charge in [-0.05, 0) is 128 Å². The van der Waals surface area contributed by atoms with Gasteiger partial charge in [-0.1, -0.05) is 248 Å². The third-order valence-electron chi connectivity index (χ3n) is 12.1. The number of carbonyl (C=O) groups is 2. The Labute approximate surface area is 482 Å². The van der Waals surface area contributed by atoms with Crippen molar-refractivity contribution >= 4 is 19.8 Å². The first kappa shape index (κ1) is 74.4. The highest BCUT2D eigenvalue weighted by Crippen LogP contribution is 2.43. The van der Waals surface area contributed by atoms with Gasteiger partial charge in [0.25, 0.3) is 0 Å². The first-order chi connectivity index (χ1) is 38.8. The Morgan fingerprint density at radius 3 is 0.975 bits per heavy atom. The van der Waals surface area contributed by atoms with E-state index in [0.29, 0.717) is 12.8 Å². The number of nitrogens with two attached hydrogens (primary N) is 1. The highest BCUT2D eigenvalue weighted by molar-refractivity contribution is 7.47. The maximum Gasteiger partial charge on any atom is 0.472 e. The maximum atomic E-state index is 12.7. The minimum absolute atomic E-state index is 0.0400. The second kappa shape index (κ2) is 62.6. The predicted molar refractivity (Wildman–Crippen MR) is 339 cm³/mol. The lowest BCUT2D eigenvalue weighted by Gasteiger charge is -2.19. The van der Waals surface area contributed by atoms with Gasteiger partial charge in [-0.2, -0.15) is 0 Å². The molecule has 444 valence electrons. The zero-order valence-electron chi connectivity index (χ0n) is 49.5. The summed E-state index contributed by atoms with van der Waals surface area (Å²) in [5, 5.41) is 0. The molecule has 0 fully saturated rings. The van der Waals surface area contributed by atoms with E-state index in [1.165, 1.54) is 32.1 Å². The Morgan fingerprint density at radius 2 is 0.658 bits per heavy atom. The summed E-state index contributed by atoms with van der Waals surface area (Å²) in [7, 11) is -4.41. The van der Waals surface area contributed by atoms with Gasteiger partial charge in [-0.15, -0.1) is 0 Å². The van der Waals surface area contributed by atoms with E-state index in [1.54, 1.807) is 0 Å². The number of hydrogen-bond acceptors (Lipinski definition) is 8. The van der Waals surface area contributed by atoms with Gasteiger partial charge in [0.1, 0.15) is 6.61 Å². The highest BCUT2D eigenvalue weighted by atomic mass is 31.2. The van der Waals surface area contributed by atoms with E-state index in [1.807, 2.05) is 0 Å². The summed E-state index contributed by atoms with van der Waals surface area (Å²) in [4.78, 5) is 35.2. The van der Waals surface area contributed by atoms with Gasteiger partial charge in [0.05, 0.1) is 13.2 Å². The summed E-state index contributed by atoms with van der Waals surface area (Å²) in [6.07, 6.45) is 92.6. The number of carbonyl (C=O) groups excluding carboxylic acids is 2. The van der Waals surface area contributed by atoms with Crippen molar-refractivity contribution in [3.05, 3.63) is 170 Å².